The first-order valence-corrected chi connectivity index (χ1v) is 12.9. The lowest BCUT2D eigenvalue weighted by molar-refractivity contribution is -0.138. The molecule has 0 unspecified atom stereocenters. The summed E-state index contributed by atoms with van der Waals surface area (Å²) in [5.74, 6) is 0. The van der Waals surface area contributed by atoms with Crippen LogP contribution in [0, 0.1) is 0 Å². The summed E-state index contributed by atoms with van der Waals surface area (Å²) in [5.41, 5.74) is 3.12. The second kappa shape index (κ2) is 9.31. The van der Waals surface area contributed by atoms with Gasteiger partial charge >= 0.3 is 12.4 Å². The molecule has 4 aromatic carbocycles. The Morgan fingerprint density at radius 3 is 1.19 bits per heavy atom. The van der Waals surface area contributed by atoms with E-state index in [1.54, 1.807) is 0 Å². The molecule has 0 saturated carbocycles. The molecule has 0 heterocycles. The van der Waals surface area contributed by atoms with Gasteiger partial charge in [0.05, 0.1) is 11.1 Å². The third-order valence-electron chi connectivity index (χ3n) is 6.86. The van der Waals surface area contributed by atoms with Gasteiger partial charge < -0.3 is 0 Å². The minimum atomic E-state index is -4.45. The van der Waals surface area contributed by atoms with Crippen molar-refractivity contribution >= 4 is 31.9 Å². The summed E-state index contributed by atoms with van der Waals surface area (Å²) in [5, 5.41) is 0. The molecule has 0 bridgehead atoms. The third kappa shape index (κ3) is 4.98. The Bertz CT molecular complexity index is 1340. The van der Waals surface area contributed by atoms with Crippen LogP contribution >= 0.6 is 31.9 Å². The summed E-state index contributed by atoms with van der Waals surface area (Å²) in [7, 11) is 0. The van der Waals surface area contributed by atoms with E-state index in [9.17, 15) is 26.3 Å². The maximum absolute atomic E-state index is 13.2. The topological polar surface area (TPSA) is 0 Å². The summed E-state index contributed by atoms with van der Waals surface area (Å²) in [6.07, 6.45) is -8.17. The molecule has 0 aromatic heterocycles. The molecule has 37 heavy (non-hydrogen) atoms. The minimum absolute atomic E-state index is 0.360. The van der Waals surface area contributed by atoms with Crippen molar-refractivity contribution in [1.29, 1.82) is 0 Å². The monoisotopic (exact) mass is 638 g/mol. The number of hydrogen-bond acceptors (Lipinski definition) is 0. The van der Waals surface area contributed by atoms with Gasteiger partial charge in [-0.05, 0) is 94.8 Å². The summed E-state index contributed by atoms with van der Waals surface area (Å²) in [4.78, 5) is 0. The fourth-order valence-electron chi connectivity index (χ4n) is 5.20. The predicted octanol–water partition coefficient (Wildman–Crippen LogP) is 10.0. The molecule has 0 radical (unpaired) electrons. The van der Waals surface area contributed by atoms with Gasteiger partial charge in [0.15, 0.2) is 0 Å². The van der Waals surface area contributed by atoms with Gasteiger partial charge in [-0.2, -0.15) is 26.3 Å². The highest BCUT2D eigenvalue weighted by molar-refractivity contribution is 9.10. The van der Waals surface area contributed by atoms with Gasteiger partial charge in [0.25, 0.3) is 0 Å². The van der Waals surface area contributed by atoms with E-state index in [1.165, 1.54) is 24.3 Å². The number of benzene rings is 4. The lowest BCUT2D eigenvalue weighted by Gasteiger charge is -2.33. The van der Waals surface area contributed by atoms with E-state index < -0.39 is 28.9 Å². The number of alkyl halides is 6. The van der Waals surface area contributed by atoms with E-state index in [2.05, 4.69) is 31.9 Å². The third-order valence-corrected chi connectivity index (χ3v) is 7.85. The normalized spacial score (nSPS) is 14.4. The molecule has 190 valence electrons. The molecular formula is C29H18Br2F6. The van der Waals surface area contributed by atoms with Crippen LogP contribution in [0.3, 0.4) is 0 Å². The second-order valence-electron chi connectivity index (χ2n) is 9.20. The molecule has 0 N–H and O–H groups in total. The maximum Gasteiger partial charge on any atom is 0.416 e. The van der Waals surface area contributed by atoms with Crippen molar-refractivity contribution < 1.29 is 26.3 Å². The summed E-state index contributed by atoms with van der Waals surface area (Å²) < 4.78 is 80.8. The summed E-state index contributed by atoms with van der Waals surface area (Å²) >= 11 is 7.10. The van der Waals surface area contributed by atoms with Gasteiger partial charge in [-0.1, -0.05) is 68.3 Å². The molecule has 1 aliphatic carbocycles. The van der Waals surface area contributed by atoms with Gasteiger partial charge in [-0.15, -0.1) is 0 Å². The van der Waals surface area contributed by atoms with Crippen molar-refractivity contribution in [2.45, 2.75) is 30.6 Å². The Morgan fingerprint density at radius 1 is 0.514 bits per heavy atom. The van der Waals surface area contributed by atoms with Crippen molar-refractivity contribution in [2.75, 3.05) is 0 Å². The highest BCUT2D eigenvalue weighted by Crippen LogP contribution is 2.53. The maximum atomic E-state index is 13.2. The number of halogens is 8. The smallest absolute Gasteiger partial charge is 0.166 e. The molecule has 5 rings (SSSR count). The largest absolute Gasteiger partial charge is 0.416 e. The zero-order valence-corrected chi connectivity index (χ0v) is 22.2. The quantitative estimate of drug-likeness (QED) is 0.195. The van der Waals surface area contributed by atoms with Crippen LogP contribution in [0.5, 0.6) is 0 Å². The first kappa shape index (κ1) is 26.0. The molecule has 0 saturated heterocycles. The molecule has 0 aliphatic heterocycles. The van der Waals surface area contributed by atoms with Crippen molar-refractivity contribution in [1.82, 2.24) is 0 Å². The molecule has 0 amide bonds. The van der Waals surface area contributed by atoms with Crippen LogP contribution in [-0.2, 0) is 30.6 Å². The number of hydrogen-bond donors (Lipinski definition) is 0. The van der Waals surface area contributed by atoms with E-state index in [0.29, 0.717) is 24.0 Å². The Kier molecular flexibility index (Phi) is 6.55. The van der Waals surface area contributed by atoms with E-state index in [-0.39, 0.29) is 0 Å². The molecule has 0 spiro atoms. The first-order valence-electron chi connectivity index (χ1n) is 11.3. The fraction of sp³-hybridized carbons (Fsp3) is 0.172. The van der Waals surface area contributed by atoms with Gasteiger partial charge in [0.2, 0.25) is 0 Å². The molecule has 0 fully saturated rings. The van der Waals surface area contributed by atoms with Gasteiger partial charge in [0, 0.05) is 14.4 Å². The molecule has 1 aliphatic rings. The molecule has 8 heteroatoms. The van der Waals surface area contributed by atoms with Crippen LogP contribution in [0.25, 0.3) is 11.1 Å². The Morgan fingerprint density at radius 2 is 0.865 bits per heavy atom. The van der Waals surface area contributed by atoms with Crippen molar-refractivity contribution in [3.05, 3.63) is 127 Å². The van der Waals surface area contributed by atoms with E-state index in [4.69, 9.17) is 0 Å². The van der Waals surface area contributed by atoms with Gasteiger partial charge in [-0.25, -0.2) is 0 Å². The highest BCUT2D eigenvalue weighted by atomic mass is 79.9. The molecule has 0 nitrogen and oxygen atoms in total. The van der Waals surface area contributed by atoms with Crippen LogP contribution in [0.1, 0.15) is 33.4 Å². The number of fused-ring (bicyclic) bond motifs is 3. The van der Waals surface area contributed by atoms with Crippen molar-refractivity contribution in [3.8, 4) is 11.1 Å². The van der Waals surface area contributed by atoms with Crippen molar-refractivity contribution in [2.24, 2.45) is 0 Å². The van der Waals surface area contributed by atoms with Crippen LogP contribution in [0.4, 0.5) is 26.3 Å². The van der Waals surface area contributed by atoms with E-state index in [0.717, 1.165) is 55.5 Å². The standard InChI is InChI=1S/C29H18Br2F6/c30-21-9-11-23-24-12-10-22(31)14-26(24)27(25(23)13-21,15-17-1-5-19(6-2-17)28(32,33)34)16-18-3-7-20(8-4-18)29(35,36)37/h1-14H,15-16H2. The lowest BCUT2D eigenvalue weighted by atomic mass is 9.69. The Hall–Kier alpha value is -2.58. The van der Waals surface area contributed by atoms with Gasteiger partial charge in [-0.3, -0.25) is 0 Å². The minimum Gasteiger partial charge on any atom is -0.166 e. The molecular weight excluding hydrogens is 622 g/mol. The zero-order chi connectivity index (χ0) is 26.6. The Balaban J connectivity index is 1.68. The van der Waals surface area contributed by atoms with E-state index >= 15 is 0 Å². The summed E-state index contributed by atoms with van der Waals surface area (Å²) in [6, 6.07) is 22.0. The molecule has 4 aromatic rings. The fourth-order valence-corrected chi connectivity index (χ4v) is 5.93. The summed E-state index contributed by atoms with van der Waals surface area (Å²) in [6.45, 7) is 0. The van der Waals surface area contributed by atoms with Crippen molar-refractivity contribution in [3.63, 3.8) is 0 Å². The average Bonchev–Trinajstić information content (AvgIpc) is 3.07. The lowest BCUT2D eigenvalue weighted by Crippen LogP contribution is -2.31. The van der Waals surface area contributed by atoms with Crippen LogP contribution < -0.4 is 0 Å². The molecule has 0 atom stereocenters. The highest BCUT2D eigenvalue weighted by Gasteiger charge is 2.44. The van der Waals surface area contributed by atoms with Crippen LogP contribution in [0.2, 0.25) is 0 Å². The number of rotatable bonds is 4. The SMILES string of the molecule is FC(F)(F)c1ccc(CC2(Cc3ccc(C(F)(F)F)cc3)c3cc(Br)ccc3-c3ccc(Br)cc32)cc1. The zero-order valence-electron chi connectivity index (χ0n) is 19.0. The predicted molar refractivity (Wildman–Crippen MR) is 138 cm³/mol. The van der Waals surface area contributed by atoms with E-state index in [1.807, 2.05) is 36.4 Å². The average molecular weight is 640 g/mol. The van der Waals surface area contributed by atoms with Gasteiger partial charge in [0.1, 0.15) is 0 Å². The second-order valence-corrected chi connectivity index (χ2v) is 11.0. The van der Waals surface area contributed by atoms with Crippen LogP contribution in [-0.4, -0.2) is 0 Å². The van der Waals surface area contributed by atoms with Crippen LogP contribution in [0.15, 0.2) is 93.9 Å². The Labute approximate surface area is 226 Å². The first-order chi connectivity index (χ1) is 17.4.